The first-order chi connectivity index (χ1) is 13.5. The van der Waals surface area contributed by atoms with Gasteiger partial charge in [-0.3, -0.25) is 14.4 Å². The monoisotopic (exact) mass is 398 g/mol. The number of nitrogens with one attached hydrogen (secondary N) is 1. The fourth-order valence-electron chi connectivity index (χ4n) is 2.93. The van der Waals surface area contributed by atoms with Gasteiger partial charge in [-0.1, -0.05) is 42.5 Å². The van der Waals surface area contributed by atoms with E-state index >= 15 is 0 Å². The molecule has 0 bridgehead atoms. The van der Waals surface area contributed by atoms with Crippen LogP contribution in [0.2, 0.25) is 0 Å². The fraction of sp³-hybridized carbons (Fsp3) is 0.286. The maximum absolute atomic E-state index is 12.2. The molecule has 0 radical (unpaired) electrons. The Labute approximate surface area is 168 Å². The van der Waals surface area contributed by atoms with E-state index in [2.05, 4.69) is 5.32 Å². The summed E-state index contributed by atoms with van der Waals surface area (Å²) in [4.78, 5) is 38.8. The highest BCUT2D eigenvalue weighted by molar-refractivity contribution is 8.00. The van der Waals surface area contributed by atoms with E-state index in [0.717, 1.165) is 16.1 Å². The minimum atomic E-state index is -0.508. The number of benzene rings is 2. The van der Waals surface area contributed by atoms with Crippen LogP contribution >= 0.6 is 11.8 Å². The van der Waals surface area contributed by atoms with Crippen molar-refractivity contribution in [3.63, 3.8) is 0 Å². The molecule has 1 aliphatic rings. The Balaban J connectivity index is 1.45. The summed E-state index contributed by atoms with van der Waals surface area (Å²) in [5.74, 6) is -0.552. The first-order valence-electron chi connectivity index (χ1n) is 9.06. The van der Waals surface area contributed by atoms with E-state index in [1.54, 1.807) is 4.90 Å². The van der Waals surface area contributed by atoms with Gasteiger partial charge in [0.2, 0.25) is 5.91 Å². The summed E-state index contributed by atoms with van der Waals surface area (Å²) in [7, 11) is 0. The molecule has 0 saturated carbocycles. The highest BCUT2D eigenvalue weighted by Gasteiger charge is 2.25. The lowest BCUT2D eigenvalue weighted by Gasteiger charge is -2.28. The Morgan fingerprint density at radius 1 is 1.14 bits per heavy atom. The third-order valence-electron chi connectivity index (χ3n) is 4.39. The van der Waals surface area contributed by atoms with Gasteiger partial charge in [-0.25, -0.2) is 0 Å². The molecule has 2 aromatic rings. The second kappa shape index (κ2) is 9.41. The van der Waals surface area contributed by atoms with E-state index in [9.17, 15) is 14.4 Å². The van der Waals surface area contributed by atoms with Gasteiger partial charge >= 0.3 is 5.97 Å². The molecule has 0 aromatic heterocycles. The molecule has 28 heavy (non-hydrogen) atoms. The van der Waals surface area contributed by atoms with E-state index in [-0.39, 0.29) is 37.4 Å². The van der Waals surface area contributed by atoms with Crippen molar-refractivity contribution in [2.75, 3.05) is 23.8 Å². The number of fused-ring (bicyclic) bond motifs is 1. The zero-order chi connectivity index (χ0) is 19.9. The van der Waals surface area contributed by atoms with Crippen molar-refractivity contribution in [2.45, 2.75) is 24.3 Å². The first-order valence-corrected chi connectivity index (χ1v) is 10.1. The van der Waals surface area contributed by atoms with Crippen LogP contribution in [-0.2, 0) is 19.1 Å². The summed E-state index contributed by atoms with van der Waals surface area (Å²) in [6.45, 7) is 1.76. The minimum absolute atomic E-state index is 0.0340. The lowest BCUT2D eigenvalue weighted by Crippen LogP contribution is -2.37. The Morgan fingerprint density at radius 2 is 1.86 bits per heavy atom. The topological polar surface area (TPSA) is 75.7 Å². The van der Waals surface area contributed by atoms with Crippen molar-refractivity contribution in [3.8, 4) is 0 Å². The number of carbonyl (C=O) groups excluding carboxylic acids is 3. The molecule has 2 aromatic carbocycles. The van der Waals surface area contributed by atoms with Crippen LogP contribution in [0.3, 0.4) is 0 Å². The number of hydrogen-bond acceptors (Lipinski definition) is 5. The second-order valence-electron chi connectivity index (χ2n) is 6.41. The molecular weight excluding hydrogens is 376 g/mol. The quantitative estimate of drug-likeness (QED) is 0.726. The van der Waals surface area contributed by atoms with E-state index in [1.807, 2.05) is 61.5 Å². The molecule has 1 aliphatic heterocycles. The summed E-state index contributed by atoms with van der Waals surface area (Å²) in [6, 6.07) is 17.0. The molecule has 7 heteroatoms. The number of esters is 1. The standard InChI is InChI=1S/C21H22N2O4S/c1-15(16-7-3-2-4-8-16)22-19(24)13-27-21(26)11-12-23-17-9-5-6-10-18(17)28-14-20(23)25/h2-10,15H,11-14H2,1H3,(H,22,24)/t15-/m0/s1. The molecule has 6 nitrogen and oxygen atoms in total. The number of carbonyl (C=O) groups is 3. The third-order valence-corrected chi connectivity index (χ3v) is 5.44. The van der Waals surface area contributed by atoms with Crippen molar-refractivity contribution in [1.29, 1.82) is 0 Å². The van der Waals surface area contributed by atoms with E-state index in [1.165, 1.54) is 11.8 Å². The summed E-state index contributed by atoms with van der Waals surface area (Å²) in [5, 5.41) is 2.79. The van der Waals surface area contributed by atoms with Crippen LogP contribution in [0.1, 0.15) is 24.9 Å². The van der Waals surface area contributed by atoms with Gasteiger partial charge in [0.25, 0.3) is 5.91 Å². The van der Waals surface area contributed by atoms with Crippen molar-refractivity contribution < 1.29 is 19.1 Å². The smallest absolute Gasteiger partial charge is 0.308 e. The summed E-state index contributed by atoms with van der Waals surface area (Å²) in [6.07, 6.45) is 0.0340. The number of thioether (sulfide) groups is 1. The van der Waals surface area contributed by atoms with Crippen LogP contribution < -0.4 is 10.2 Å². The normalized spacial score (nSPS) is 14.2. The molecule has 146 valence electrons. The zero-order valence-electron chi connectivity index (χ0n) is 15.6. The average molecular weight is 398 g/mol. The van der Waals surface area contributed by atoms with Gasteiger partial charge in [-0.05, 0) is 24.6 Å². The minimum Gasteiger partial charge on any atom is -0.456 e. The van der Waals surface area contributed by atoms with Gasteiger partial charge in [0, 0.05) is 11.4 Å². The molecule has 1 heterocycles. The number of nitrogens with zero attached hydrogens (tertiary/aromatic N) is 1. The maximum Gasteiger partial charge on any atom is 0.308 e. The summed E-state index contributed by atoms with van der Waals surface area (Å²) in [5.41, 5.74) is 1.79. The van der Waals surface area contributed by atoms with Crippen LogP contribution in [0.5, 0.6) is 0 Å². The van der Waals surface area contributed by atoms with E-state index in [4.69, 9.17) is 4.74 Å². The van der Waals surface area contributed by atoms with Gasteiger partial charge in [-0.2, -0.15) is 0 Å². The summed E-state index contributed by atoms with van der Waals surface area (Å²) < 4.78 is 5.06. The van der Waals surface area contributed by atoms with Crippen molar-refractivity contribution in [1.82, 2.24) is 5.32 Å². The highest BCUT2D eigenvalue weighted by Crippen LogP contribution is 2.34. The van der Waals surface area contributed by atoms with Crippen LogP contribution in [0.25, 0.3) is 0 Å². The molecule has 0 saturated heterocycles. The molecule has 0 spiro atoms. The molecule has 0 unspecified atom stereocenters. The molecule has 1 atom stereocenters. The average Bonchev–Trinajstić information content (AvgIpc) is 2.72. The van der Waals surface area contributed by atoms with Gasteiger partial charge in [0.05, 0.1) is 23.9 Å². The molecular formula is C21H22N2O4S. The molecule has 3 rings (SSSR count). The molecule has 1 N–H and O–H groups in total. The third kappa shape index (κ3) is 5.13. The SMILES string of the molecule is C[C@H](NC(=O)COC(=O)CCN1C(=O)CSc2ccccc21)c1ccccc1. The number of hydrogen-bond donors (Lipinski definition) is 1. The van der Waals surface area contributed by atoms with Crippen molar-refractivity contribution in [2.24, 2.45) is 0 Å². The lowest BCUT2D eigenvalue weighted by atomic mass is 10.1. The van der Waals surface area contributed by atoms with Crippen LogP contribution in [0.15, 0.2) is 59.5 Å². The zero-order valence-corrected chi connectivity index (χ0v) is 16.4. The van der Waals surface area contributed by atoms with E-state index in [0.29, 0.717) is 5.75 Å². The van der Waals surface area contributed by atoms with Gasteiger partial charge in [0.15, 0.2) is 6.61 Å². The van der Waals surface area contributed by atoms with Gasteiger partial charge < -0.3 is 15.0 Å². The van der Waals surface area contributed by atoms with Gasteiger partial charge in [-0.15, -0.1) is 11.8 Å². The number of rotatable bonds is 7. The Bertz CT molecular complexity index is 856. The highest BCUT2D eigenvalue weighted by atomic mass is 32.2. The second-order valence-corrected chi connectivity index (χ2v) is 7.43. The predicted molar refractivity (Wildman–Crippen MR) is 108 cm³/mol. The van der Waals surface area contributed by atoms with E-state index < -0.39 is 5.97 Å². The van der Waals surface area contributed by atoms with Crippen molar-refractivity contribution in [3.05, 3.63) is 60.2 Å². The molecule has 2 amide bonds. The summed E-state index contributed by atoms with van der Waals surface area (Å²) >= 11 is 1.49. The van der Waals surface area contributed by atoms with Crippen LogP contribution in [0, 0.1) is 0 Å². The first kappa shape index (κ1) is 19.9. The Kier molecular flexibility index (Phi) is 6.71. The lowest BCUT2D eigenvalue weighted by molar-refractivity contribution is -0.148. The van der Waals surface area contributed by atoms with Crippen LogP contribution in [0.4, 0.5) is 5.69 Å². The molecule has 0 fully saturated rings. The Hall–Kier alpha value is -2.80. The Morgan fingerprint density at radius 3 is 2.64 bits per heavy atom. The maximum atomic E-state index is 12.2. The van der Waals surface area contributed by atoms with Crippen molar-refractivity contribution >= 4 is 35.2 Å². The number of para-hydroxylation sites is 1. The largest absolute Gasteiger partial charge is 0.456 e. The number of amides is 2. The van der Waals surface area contributed by atoms with Crippen LogP contribution in [-0.4, -0.2) is 36.7 Å². The molecule has 0 aliphatic carbocycles. The number of ether oxygens (including phenoxy) is 1. The van der Waals surface area contributed by atoms with Gasteiger partial charge in [0.1, 0.15) is 0 Å². The predicted octanol–water partition coefficient (Wildman–Crippen LogP) is 2.94. The number of anilines is 1. The fourth-order valence-corrected chi connectivity index (χ4v) is 3.86.